The van der Waals surface area contributed by atoms with Gasteiger partial charge in [0.25, 0.3) is 0 Å². The van der Waals surface area contributed by atoms with Gasteiger partial charge in [-0.3, -0.25) is 14.5 Å². The van der Waals surface area contributed by atoms with Gasteiger partial charge in [-0.25, -0.2) is 0 Å². The Hall–Kier alpha value is -1.92. The molecule has 1 aliphatic heterocycles. The van der Waals surface area contributed by atoms with Gasteiger partial charge in [0, 0.05) is 39.0 Å². The van der Waals surface area contributed by atoms with E-state index in [4.69, 9.17) is 4.74 Å². The van der Waals surface area contributed by atoms with E-state index in [1.165, 1.54) is 7.11 Å². The molecule has 1 fully saturated rings. The second kappa shape index (κ2) is 8.08. The van der Waals surface area contributed by atoms with Crippen LogP contribution in [0.15, 0.2) is 18.2 Å². The van der Waals surface area contributed by atoms with Crippen molar-refractivity contribution in [3.05, 3.63) is 29.3 Å². The molecule has 0 aromatic heterocycles. The Morgan fingerprint density at radius 1 is 1.17 bits per heavy atom. The van der Waals surface area contributed by atoms with E-state index in [2.05, 4.69) is 10.2 Å². The molecule has 1 N–H and O–H groups in total. The first-order valence-electron chi connectivity index (χ1n) is 7.86. The van der Waals surface area contributed by atoms with Crippen LogP contribution in [-0.2, 0) is 14.3 Å². The van der Waals surface area contributed by atoms with Crippen molar-refractivity contribution >= 4 is 17.5 Å². The highest BCUT2D eigenvalue weighted by atomic mass is 16.5. The normalized spacial score (nSPS) is 15.5. The van der Waals surface area contributed by atoms with Crippen LogP contribution in [0.1, 0.15) is 11.1 Å². The van der Waals surface area contributed by atoms with Crippen molar-refractivity contribution in [1.29, 1.82) is 0 Å². The van der Waals surface area contributed by atoms with E-state index in [1.54, 1.807) is 4.90 Å². The van der Waals surface area contributed by atoms with Gasteiger partial charge in [0.1, 0.15) is 6.61 Å². The zero-order valence-electron chi connectivity index (χ0n) is 14.1. The van der Waals surface area contributed by atoms with Crippen molar-refractivity contribution < 1.29 is 14.3 Å². The number of carbonyl (C=O) groups is 2. The van der Waals surface area contributed by atoms with Gasteiger partial charge in [-0.2, -0.15) is 0 Å². The maximum absolute atomic E-state index is 12.2. The molecule has 0 bridgehead atoms. The number of hydrogen-bond acceptors (Lipinski definition) is 4. The number of aryl methyl sites for hydroxylation is 1. The molecule has 6 nitrogen and oxygen atoms in total. The molecule has 0 atom stereocenters. The summed E-state index contributed by atoms with van der Waals surface area (Å²) in [5, 5.41) is 2.97. The lowest BCUT2D eigenvalue weighted by Gasteiger charge is -2.34. The Bertz CT molecular complexity index is 566. The number of carbonyl (C=O) groups excluding carboxylic acids is 2. The number of nitrogens with zero attached hydrogens (tertiary/aromatic N) is 2. The molecule has 1 aromatic carbocycles. The number of nitrogens with one attached hydrogen (secondary N) is 1. The zero-order chi connectivity index (χ0) is 16.8. The number of methoxy groups -OCH3 is 1. The molecule has 2 amide bonds. The lowest BCUT2D eigenvalue weighted by atomic mass is 10.1. The largest absolute Gasteiger partial charge is 0.375 e. The number of piperazine rings is 1. The standard InChI is InChI=1S/C17H25N3O3/c1-13-5-4-6-15(14(13)2)18-16(21)11-19-7-9-20(10-8-19)17(22)12-23-3/h4-6H,7-12H2,1-3H3,(H,18,21). The van der Waals surface area contributed by atoms with Crippen molar-refractivity contribution in [3.63, 3.8) is 0 Å². The predicted octanol–water partition coefficient (Wildman–Crippen LogP) is 1.03. The summed E-state index contributed by atoms with van der Waals surface area (Å²) >= 11 is 0. The van der Waals surface area contributed by atoms with Crippen LogP contribution in [0.5, 0.6) is 0 Å². The van der Waals surface area contributed by atoms with Crippen LogP contribution >= 0.6 is 0 Å². The lowest BCUT2D eigenvalue weighted by molar-refractivity contribution is -0.137. The number of amides is 2. The second-order valence-electron chi connectivity index (χ2n) is 5.89. The molecule has 126 valence electrons. The molecule has 0 saturated carbocycles. The maximum Gasteiger partial charge on any atom is 0.248 e. The van der Waals surface area contributed by atoms with E-state index >= 15 is 0 Å². The van der Waals surface area contributed by atoms with E-state index in [0.29, 0.717) is 32.7 Å². The molecule has 1 aliphatic rings. The minimum Gasteiger partial charge on any atom is -0.375 e. The molecular weight excluding hydrogens is 294 g/mol. The monoisotopic (exact) mass is 319 g/mol. The number of rotatable bonds is 5. The van der Waals surface area contributed by atoms with Crippen molar-refractivity contribution in [2.24, 2.45) is 0 Å². The molecular formula is C17H25N3O3. The van der Waals surface area contributed by atoms with E-state index in [-0.39, 0.29) is 18.4 Å². The average Bonchev–Trinajstić information content (AvgIpc) is 2.53. The molecule has 2 rings (SSSR count). The van der Waals surface area contributed by atoms with E-state index in [0.717, 1.165) is 16.8 Å². The topological polar surface area (TPSA) is 61.9 Å². The first-order chi connectivity index (χ1) is 11.0. The summed E-state index contributed by atoms with van der Waals surface area (Å²) in [5.41, 5.74) is 3.12. The van der Waals surface area contributed by atoms with E-state index < -0.39 is 0 Å². The van der Waals surface area contributed by atoms with Crippen LogP contribution in [0, 0.1) is 13.8 Å². The van der Waals surface area contributed by atoms with Gasteiger partial charge in [-0.15, -0.1) is 0 Å². The summed E-state index contributed by atoms with van der Waals surface area (Å²) < 4.78 is 4.87. The number of ether oxygens (including phenoxy) is 1. The van der Waals surface area contributed by atoms with Crippen molar-refractivity contribution in [3.8, 4) is 0 Å². The third-order valence-corrected chi connectivity index (χ3v) is 4.24. The fourth-order valence-corrected chi connectivity index (χ4v) is 2.65. The first kappa shape index (κ1) is 17.4. The molecule has 1 heterocycles. The molecule has 1 aromatic rings. The van der Waals surface area contributed by atoms with E-state index in [1.807, 2.05) is 32.0 Å². The average molecular weight is 319 g/mol. The Kier molecular flexibility index (Phi) is 6.12. The third-order valence-electron chi connectivity index (χ3n) is 4.24. The summed E-state index contributed by atoms with van der Waals surface area (Å²) in [6.07, 6.45) is 0. The lowest BCUT2D eigenvalue weighted by Crippen LogP contribution is -2.51. The van der Waals surface area contributed by atoms with Gasteiger partial charge in [-0.1, -0.05) is 12.1 Å². The number of anilines is 1. The number of benzene rings is 1. The number of hydrogen-bond donors (Lipinski definition) is 1. The molecule has 1 saturated heterocycles. The SMILES string of the molecule is COCC(=O)N1CCN(CC(=O)Nc2cccc(C)c2C)CC1. The summed E-state index contributed by atoms with van der Waals surface area (Å²) in [5.74, 6) is -0.0117. The highest BCUT2D eigenvalue weighted by molar-refractivity contribution is 5.93. The van der Waals surface area contributed by atoms with Gasteiger partial charge in [0.05, 0.1) is 6.54 Å². The minimum absolute atomic E-state index is 0.00647. The summed E-state index contributed by atoms with van der Waals surface area (Å²) in [4.78, 5) is 27.8. The maximum atomic E-state index is 12.2. The Labute approximate surface area is 137 Å². The predicted molar refractivity (Wildman–Crippen MR) is 89.4 cm³/mol. The van der Waals surface area contributed by atoms with Crippen LogP contribution in [-0.4, -0.2) is 68.1 Å². The quantitative estimate of drug-likeness (QED) is 0.881. The molecule has 23 heavy (non-hydrogen) atoms. The summed E-state index contributed by atoms with van der Waals surface area (Å²) in [6.45, 7) is 7.18. The molecule has 0 aliphatic carbocycles. The van der Waals surface area contributed by atoms with Crippen LogP contribution in [0.4, 0.5) is 5.69 Å². The minimum atomic E-state index is -0.0182. The van der Waals surface area contributed by atoms with Gasteiger partial charge < -0.3 is 15.0 Å². The first-order valence-corrected chi connectivity index (χ1v) is 7.86. The van der Waals surface area contributed by atoms with Crippen molar-refractivity contribution in [2.75, 3.05) is 51.8 Å². The van der Waals surface area contributed by atoms with Crippen LogP contribution < -0.4 is 5.32 Å². The fraction of sp³-hybridized carbons (Fsp3) is 0.529. The van der Waals surface area contributed by atoms with Gasteiger partial charge in [-0.05, 0) is 31.0 Å². The van der Waals surface area contributed by atoms with Gasteiger partial charge in [0.15, 0.2) is 0 Å². The van der Waals surface area contributed by atoms with Gasteiger partial charge in [0.2, 0.25) is 11.8 Å². The fourth-order valence-electron chi connectivity index (χ4n) is 2.65. The highest BCUT2D eigenvalue weighted by Crippen LogP contribution is 2.17. The van der Waals surface area contributed by atoms with Crippen molar-refractivity contribution in [1.82, 2.24) is 9.80 Å². The van der Waals surface area contributed by atoms with Crippen LogP contribution in [0.3, 0.4) is 0 Å². The Morgan fingerprint density at radius 3 is 2.52 bits per heavy atom. The summed E-state index contributed by atoms with van der Waals surface area (Å²) in [6, 6.07) is 5.89. The molecule has 6 heteroatoms. The highest BCUT2D eigenvalue weighted by Gasteiger charge is 2.22. The van der Waals surface area contributed by atoms with Gasteiger partial charge >= 0.3 is 0 Å². The molecule has 0 radical (unpaired) electrons. The second-order valence-corrected chi connectivity index (χ2v) is 5.89. The Balaban J connectivity index is 1.81. The van der Waals surface area contributed by atoms with E-state index in [9.17, 15) is 9.59 Å². The Morgan fingerprint density at radius 2 is 1.87 bits per heavy atom. The zero-order valence-corrected chi connectivity index (χ0v) is 14.1. The smallest absolute Gasteiger partial charge is 0.248 e. The third kappa shape index (κ3) is 4.77. The van der Waals surface area contributed by atoms with Crippen LogP contribution in [0.2, 0.25) is 0 Å². The summed E-state index contributed by atoms with van der Waals surface area (Å²) in [7, 11) is 1.52. The van der Waals surface area contributed by atoms with Crippen LogP contribution in [0.25, 0.3) is 0 Å². The molecule has 0 unspecified atom stereocenters. The van der Waals surface area contributed by atoms with Crippen molar-refractivity contribution in [2.45, 2.75) is 13.8 Å². The molecule has 0 spiro atoms.